The molecule has 2 heterocycles. The fourth-order valence-corrected chi connectivity index (χ4v) is 4.05. The molecule has 2 aliphatic heterocycles. The summed E-state index contributed by atoms with van der Waals surface area (Å²) in [5.41, 5.74) is 4.18. The average Bonchev–Trinajstić information content (AvgIpc) is 2.91. The topological polar surface area (TPSA) is 12.5 Å². The summed E-state index contributed by atoms with van der Waals surface area (Å²) in [7, 11) is 0. The van der Waals surface area contributed by atoms with Crippen molar-refractivity contribution < 1.29 is 4.74 Å². The van der Waals surface area contributed by atoms with Gasteiger partial charge < -0.3 is 4.74 Å². The molecule has 0 spiro atoms. The molecular formula is C18H19BrClNO. The van der Waals surface area contributed by atoms with E-state index in [1.807, 2.05) is 0 Å². The zero-order valence-electron chi connectivity index (χ0n) is 12.2. The third kappa shape index (κ3) is 2.95. The fourth-order valence-electron chi connectivity index (χ4n) is 3.56. The van der Waals surface area contributed by atoms with E-state index in [9.17, 15) is 0 Å². The molecule has 0 bridgehead atoms. The summed E-state index contributed by atoms with van der Waals surface area (Å²) in [6.45, 7) is 3.87. The van der Waals surface area contributed by atoms with E-state index in [2.05, 4.69) is 69.4 Å². The van der Waals surface area contributed by atoms with Crippen molar-refractivity contribution in [3.05, 3.63) is 69.7 Å². The van der Waals surface area contributed by atoms with Gasteiger partial charge in [0.15, 0.2) is 0 Å². The molecule has 0 aromatic heterocycles. The van der Waals surface area contributed by atoms with Gasteiger partial charge in [-0.25, -0.2) is 0 Å². The summed E-state index contributed by atoms with van der Waals surface area (Å²) >= 11 is 3.65. The zero-order chi connectivity index (χ0) is 14.2. The number of likely N-dealkylation sites (tertiary alicyclic amines) is 1. The lowest BCUT2D eigenvalue weighted by molar-refractivity contribution is 0.0245. The van der Waals surface area contributed by atoms with Crippen LogP contribution in [-0.2, 0) is 17.9 Å². The third-order valence-electron chi connectivity index (χ3n) is 4.59. The Morgan fingerprint density at radius 1 is 1.05 bits per heavy atom. The number of benzene rings is 2. The molecule has 22 heavy (non-hydrogen) atoms. The van der Waals surface area contributed by atoms with Crippen molar-refractivity contribution in [2.45, 2.75) is 25.2 Å². The molecule has 0 radical (unpaired) electrons. The highest BCUT2D eigenvalue weighted by molar-refractivity contribution is 9.10. The maximum Gasteiger partial charge on any atom is 0.0787 e. The fraction of sp³-hybridized carbons (Fsp3) is 0.333. The molecule has 1 saturated heterocycles. The molecule has 4 heteroatoms. The number of rotatable bonds is 2. The molecule has 2 unspecified atom stereocenters. The van der Waals surface area contributed by atoms with Crippen LogP contribution in [0.4, 0.5) is 0 Å². The zero-order valence-corrected chi connectivity index (χ0v) is 14.6. The Morgan fingerprint density at radius 2 is 1.86 bits per heavy atom. The van der Waals surface area contributed by atoms with Crippen molar-refractivity contribution in [3.63, 3.8) is 0 Å². The Balaban J connectivity index is 0.00000144. The second-order valence-electron chi connectivity index (χ2n) is 5.94. The highest BCUT2D eigenvalue weighted by atomic mass is 79.9. The largest absolute Gasteiger partial charge is 0.371 e. The van der Waals surface area contributed by atoms with Crippen molar-refractivity contribution in [1.82, 2.24) is 4.90 Å². The molecule has 2 aliphatic rings. The third-order valence-corrected chi connectivity index (χ3v) is 5.33. The predicted octanol–water partition coefficient (Wildman–Crippen LogP) is 4.37. The summed E-state index contributed by atoms with van der Waals surface area (Å²) in [6, 6.07) is 17.2. The number of halogens is 2. The normalized spacial score (nSPS) is 23.5. The summed E-state index contributed by atoms with van der Waals surface area (Å²) in [6.07, 6.45) is 0.343. The van der Waals surface area contributed by atoms with Crippen LogP contribution < -0.4 is 0 Å². The number of hydrogen-bond donors (Lipinski definition) is 0. The van der Waals surface area contributed by atoms with Gasteiger partial charge >= 0.3 is 0 Å². The van der Waals surface area contributed by atoms with Crippen LogP contribution in [0.2, 0.25) is 0 Å². The molecule has 0 N–H and O–H groups in total. The first kappa shape index (κ1) is 16.0. The van der Waals surface area contributed by atoms with Crippen LogP contribution in [0, 0.1) is 0 Å². The van der Waals surface area contributed by atoms with Gasteiger partial charge in [-0.3, -0.25) is 4.90 Å². The lowest BCUT2D eigenvalue weighted by atomic mass is 9.90. The van der Waals surface area contributed by atoms with Crippen LogP contribution in [0.5, 0.6) is 0 Å². The minimum atomic E-state index is 0. The quantitative estimate of drug-likeness (QED) is 0.767. The Bertz CT molecular complexity index is 649. The minimum absolute atomic E-state index is 0. The molecule has 2 aromatic carbocycles. The Kier molecular flexibility index (Phi) is 4.88. The number of ether oxygens (including phenoxy) is 1. The number of nitrogens with zero attached hydrogens (tertiary/aromatic N) is 1. The van der Waals surface area contributed by atoms with Gasteiger partial charge in [-0.15, -0.1) is 12.4 Å². The van der Waals surface area contributed by atoms with Crippen LogP contribution in [0.25, 0.3) is 0 Å². The van der Waals surface area contributed by atoms with Crippen LogP contribution in [-0.4, -0.2) is 24.1 Å². The average molecular weight is 381 g/mol. The minimum Gasteiger partial charge on any atom is -0.371 e. The van der Waals surface area contributed by atoms with E-state index in [0.717, 1.165) is 26.2 Å². The molecule has 4 rings (SSSR count). The van der Waals surface area contributed by atoms with Crippen LogP contribution >= 0.6 is 28.3 Å². The summed E-state index contributed by atoms with van der Waals surface area (Å²) in [4.78, 5) is 2.51. The van der Waals surface area contributed by atoms with E-state index in [-0.39, 0.29) is 12.4 Å². The lowest BCUT2D eigenvalue weighted by Gasteiger charge is -2.28. The number of fused-ring (bicyclic) bond motifs is 3. The summed E-state index contributed by atoms with van der Waals surface area (Å²) in [5, 5.41) is 0. The van der Waals surface area contributed by atoms with Crippen molar-refractivity contribution in [3.8, 4) is 0 Å². The highest BCUT2D eigenvalue weighted by Crippen LogP contribution is 2.39. The van der Waals surface area contributed by atoms with Gasteiger partial charge in [0.25, 0.3) is 0 Å². The first-order chi connectivity index (χ1) is 10.3. The van der Waals surface area contributed by atoms with Gasteiger partial charge in [-0.1, -0.05) is 58.4 Å². The van der Waals surface area contributed by atoms with E-state index in [0.29, 0.717) is 12.0 Å². The van der Waals surface area contributed by atoms with E-state index in [4.69, 9.17) is 4.74 Å². The van der Waals surface area contributed by atoms with Gasteiger partial charge in [0.1, 0.15) is 0 Å². The molecule has 1 fully saturated rings. The molecule has 0 saturated carbocycles. The first-order valence-electron chi connectivity index (χ1n) is 7.46. The highest BCUT2D eigenvalue weighted by Gasteiger charge is 2.38. The monoisotopic (exact) mass is 379 g/mol. The van der Waals surface area contributed by atoms with Crippen molar-refractivity contribution in [1.29, 1.82) is 0 Å². The smallest absolute Gasteiger partial charge is 0.0787 e. The molecule has 2 atom stereocenters. The molecular weight excluding hydrogens is 362 g/mol. The van der Waals surface area contributed by atoms with Crippen LogP contribution in [0.15, 0.2) is 53.0 Å². The van der Waals surface area contributed by atoms with E-state index < -0.39 is 0 Å². The molecule has 2 aromatic rings. The second kappa shape index (κ2) is 6.71. The van der Waals surface area contributed by atoms with E-state index in [1.165, 1.54) is 21.2 Å². The lowest BCUT2D eigenvalue weighted by Crippen LogP contribution is -2.27. The SMILES string of the molecule is Brc1cccc2c1COC1CN(Cc3ccccc3)CC21.Cl. The van der Waals surface area contributed by atoms with Gasteiger partial charge in [0, 0.05) is 30.0 Å². The Morgan fingerprint density at radius 3 is 2.68 bits per heavy atom. The maximum atomic E-state index is 6.11. The summed E-state index contributed by atoms with van der Waals surface area (Å²) in [5.74, 6) is 0.509. The maximum absolute atomic E-state index is 6.11. The van der Waals surface area contributed by atoms with Gasteiger partial charge in [-0.05, 0) is 22.8 Å². The van der Waals surface area contributed by atoms with Crippen molar-refractivity contribution in [2.24, 2.45) is 0 Å². The first-order valence-corrected chi connectivity index (χ1v) is 8.26. The standard InChI is InChI=1S/C18H18BrNO.ClH/c19-17-8-4-7-14-15-10-20(9-13-5-2-1-3-6-13)11-18(15)21-12-16(14)17;/h1-8,15,18H,9-12H2;1H. The van der Waals surface area contributed by atoms with Crippen molar-refractivity contribution >= 4 is 28.3 Å². The molecule has 2 nitrogen and oxygen atoms in total. The number of hydrogen-bond acceptors (Lipinski definition) is 2. The Labute approximate surface area is 146 Å². The predicted molar refractivity (Wildman–Crippen MR) is 94.4 cm³/mol. The van der Waals surface area contributed by atoms with E-state index in [1.54, 1.807) is 0 Å². The molecule has 0 amide bonds. The summed E-state index contributed by atoms with van der Waals surface area (Å²) < 4.78 is 7.29. The second-order valence-corrected chi connectivity index (χ2v) is 6.80. The molecule has 0 aliphatic carbocycles. The molecule has 116 valence electrons. The van der Waals surface area contributed by atoms with Gasteiger partial charge in [-0.2, -0.15) is 0 Å². The Hall–Kier alpha value is -0.870. The van der Waals surface area contributed by atoms with Crippen molar-refractivity contribution in [2.75, 3.05) is 13.1 Å². The van der Waals surface area contributed by atoms with Gasteiger partial charge in [0.2, 0.25) is 0 Å². The van der Waals surface area contributed by atoms with Gasteiger partial charge in [0.05, 0.1) is 12.7 Å². The van der Waals surface area contributed by atoms with Crippen LogP contribution in [0.3, 0.4) is 0 Å². The van der Waals surface area contributed by atoms with E-state index >= 15 is 0 Å². The van der Waals surface area contributed by atoms with Crippen LogP contribution in [0.1, 0.15) is 22.6 Å².